The fourth-order valence-corrected chi connectivity index (χ4v) is 3.11. The van der Waals surface area contributed by atoms with E-state index in [9.17, 15) is 0 Å². The number of hydrogen-bond acceptors (Lipinski definition) is 3. The second-order valence-corrected chi connectivity index (χ2v) is 6.31. The summed E-state index contributed by atoms with van der Waals surface area (Å²) in [5.41, 5.74) is 0. The second-order valence-electron chi connectivity index (χ2n) is 5.40. The van der Waals surface area contributed by atoms with Gasteiger partial charge < -0.3 is 10.2 Å². The number of thioether (sulfide) groups is 1. The van der Waals surface area contributed by atoms with Crippen molar-refractivity contribution in [3.63, 3.8) is 0 Å². The molecule has 0 aromatic heterocycles. The maximum Gasteiger partial charge on any atom is 0.00680 e. The number of piperidine rings is 1. The van der Waals surface area contributed by atoms with E-state index in [0.29, 0.717) is 6.04 Å². The first-order valence-corrected chi connectivity index (χ1v) is 7.93. The molecule has 0 amide bonds. The molecule has 1 rings (SSSR count). The predicted molar refractivity (Wildman–Crippen MR) is 75.2 cm³/mol. The Labute approximate surface area is 106 Å². The summed E-state index contributed by atoms with van der Waals surface area (Å²) in [6.07, 6.45) is 4.92. The van der Waals surface area contributed by atoms with Crippen molar-refractivity contribution in [2.45, 2.75) is 32.7 Å². The molecular weight excluding hydrogens is 216 g/mol. The lowest BCUT2D eigenvalue weighted by atomic mass is 9.90. The predicted octanol–water partition coefficient (Wildman–Crippen LogP) is 2.31. The summed E-state index contributed by atoms with van der Waals surface area (Å²) in [5.74, 6) is 2.95. The lowest BCUT2D eigenvalue weighted by molar-refractivity contribution is 0.188. The van der Waals surface area contributed by atoms with Crippen LogP contribution >= 0.6 is 11.8 Å². The van der Waals surface area contributed by atoms with Crippen molar-refractivity contribution in [2.75, 3.05) is 38.7 Å². The normalized spacial score (nSPS) is 23.2. The highest BCUT2D eigenvalue weighted by molar-refractivity contribution is 7.98. The maximum absolute atomic E-state index is 3.72. The molecule has 1 saturated heterocycles. The largest absolute Gasteiger partial charge is 0.314 e. The lowest BCUT2D eigenvalue weighted by Crippen LogP contribution is -2.42. The third-order valence-electron chi connectivity index (χ3n) is 3.71. The molecule has 1 fully saturated rings. The first-order valence-electron chi connectivity index (χ1n) is 6.54. The zero-order chi connectivity index (χ0) is 12.0. The molecule has 1 N–H and O–H groups in total. The molecule has 1 aliphatic rings. The fraction of sp³-hybridized carbons (Fsp3) is 1.00. The van der Waals surface area contributed by atoms with E-state index in [1.165, 1.54) is 38.2 Å². The van der Waals surface area contributed by atoms with E-state index >= 15 is 0 Å². The molecule has 96 valence electrons. The molecule has 3 heteroatoms. The Morgan fingerprint density at radius 2 is 1.94 bits per heavy atom. The molecule has 0 radical (unpaired) electrons. The van der Waals surface area contributed by atoms with Crippen molar-refractivity contribution < 1.29 is 0 Å². The summed E-state index contributed by atoms with van der Waals surface area (Å²) < 4.78 is 0. The van der Waals surface area contributed by atoms with Crippen molar-refractivity contribution in [3.8, 4) is 0 Å². The summed E-state index contributed by atoms with van der Waals surface area (Å²) in [7, 11) is 2.23. The van der Waals surface area contributed by atoms with Gasteiger partial charge in [-0.1, -0.05) is 6.92 Å². The third-order valence-corrected chi connectivity index (χ3v) is 4.61. The van der Waals surface area contributed by atoms with Crippen LogP contribution in [0.5, 0.6) is 0 Å². The van der Waals surface area contributed by atoms with E-state index in [2.05, 4.69) is 37.4 Å². The van der Waals surface area contributed by atoms with E-state index in [4.69, 9.17) is 0 Å². The van der Waals surface area contributed by atoms with E-state index in [1.54, 1.807) is 0 Å². The summed E-state index contributed by atoms with van der Waals surface area (Å²) >= 11 is 1.95. The molecule has 2 nitrogen and oxygen atoms in total. The van der Waals surface area contributed by atoms with E-state index in [-0.39, 0.29) is 0 Å². The van der Waals surface area contributed by atoms with Crippen LogP contribution in [-0.2, 0) is 0 Å². The van der Waals surface area contributed by atoms with Crippen LogP contribution in [-0.4, -0.2) is 49.6 Å². The average molecular weight is 244 g/mol. The SMILES string of the molecule is CSCC(C)CNC(C)C1CCN(C)CC1. The Bertz CT molecular complexity index is 179. The Morgan fingerprint density at radius 3 is 2.50 bits per heavy atom. The van der Waals surface area contributed by atoms with Gasteiger partial charge in [-0.3, -0.25) is 0 Å². The first kappa shape index (κ1) is 14.3. The van der Waals surface area contributed by atoms with Gasteiger partial charge in [0.05, 0.1) is 0 Å². The van der Waals surface area contributed by atoms with Gasteiger partial charge in [-0.15, -0.1) is 0 Å². The minimum Gasteiger partial charge on any atom is -0.314 e. The molecule has 0 saturated carbocycles. The molecule has 0 bridgehead atoms. The van der Waals surface area contributed by atoms with Crippen LogP contribution < -0.4 is 5.32 Å². The van der Waals surface area contributed by atoms with Crippen LogP contribution in [0.25, 0.3) is 0 Å². The van der Waals surface area contributed by atoms with Gasteiger partial charge in [0.1, 0.15) is 0 Å². The highest BCUT2D eigenvalue weighted by atomic mass is 32.2. The van der Waals surface area contributed by atoms with Gasteiger partial charge in [0, 0.05) is 6.04 Å². The molecule has 0 aromatic rings. The maximum atomic E-state index is 3.72. The number of nitrogens with zero attached hydrogens (tertiary/aromatic N) is 1. The molecule has 2 atom stereocenters. The van der Waals surface area contributed by atoms with Crippen molar-refractivity contribution in [3.05, 3.63) is 0 Å². The zero-order valence-corrected chi connectivity index (χ0v) is 12.1. The molecule has 16 heavy (non-hydrogen) atoms. The highest BCUT2D eigenvalue weighted by Crippen LogP contribution is 2.19. The van der Waals surface area contributed by atoms with Gasteiger partial charge in [-0.25, -0.2) is 0 Å². The summed E-state index contributed by atoms with van der Waals surface area (Å²) in [4.78, 5) is 2.44. The van der Waals surface area contributed by atoms with Crippen molar-refractivity contribution in [2.24, 2.45) is 11.8 Å². The van der Waals surface area contributed by atoms with Crippen LogP contribution in [0.4, 0.5) is 0 Å². The van der Waals surface area contributed by atoms with Gasteiger partial charge >= 0.3 is 0 Å². The summed E-state index contributed by atoms with van der Waals surface area (Å²) in [5, 5.41) is 3.72. The number of hydrogen-bond donors (Lipinski definition) is 1. The van der Waals surface area contributed by atoms with Crippen molar-refractivity contribution >= 4 is 11.8 Å². The second kappa shape index (κ2) is 7.57. The topological polar surface area (TPSA) is 15.3 Å². The Morgan fingerprint density at radius 1 is 1.31 bits per heavy atom. The molecule has 1 heterocycles. The number of nitrogens with one attached hydrogen (secondary N) is 1. The highest BCUT2D eigenvalue weighted by Gasteiger charge is 2.21. The number of likely N-dealkylation sites (tertiary alicyclic amines) is 1. The van der Waals surface area contributed by atoms with E-state index < -0.39 is 0 Å². The van der Waals surface area contributed by atoms with Crippen LogP contribution in [0, 0.1) is 11.8 Å². The molecular formula is C13H28N2S. The molecule has 0 aliphatic carbocycles. The Kier molecular flexibility index (Phi) is 6.78. The minimum absolute atomic E-state index is 0.693. The van der Waals surface area contributed by atoms with Gasteiger partial charge in [-0.2, -0.15) is 11.8 Å². The van der Waals surface area contributed by atoms with Crippen LogP contribution in [0.1, 0.15) is 26.7 Å². The van der Waals surface area contributed by atoms with Crippen LogP contribution in [0.15, 0.2) is 0 Å². The molecule has 2 unspecified atom stereocenters. The zero-order valence-electron chi connectivity index (χ0n) is 11.3. The van der Waals surface area contributed by atoms with Gasteiger partial charge in [0.2, 0.25) is 0 Å². The summed E-state index contributed by atoms with van der Waals surface area (Å²) in [6, 6.07) is 0.693. The quantitative estimate of drug-likeness (QED) is 0.772. The standard InChI is InChI=1S/C13H28N2S/c1-11(10-16-4)9-14-12(2)13-5-7-15(3)8-6-13/h11-14H,5-10H2,1-4H3. The van der Waals surface area contributed by atoms with E-state index in [0.717, 1.165) is 11.8 Å². The van der Waals surface area contributed by atoms with Crippen LogP contribution in [0.3, 0.4) is 0 Å². The third kappa shape index (κ3) is 5.07. The molecule has 1 aliphatic heterocycles. The molecule has 0 spiro atoms. The first-order chi connectivity index (χ1) is 7.63. The number of rotatable bonds is 6. The lowest BCUT2D eigenvalue weighted by Gasteiger charge is -2.33. The van der Waals surface area contributed by atoms with Gasteiger partial charge in [0.15, 0.2) is 0 Å². The van der Waals surface area contributed by atoms with Crippen LogP contribution in [0.2, 0.25) is 0 Å². The van der Waals surface area contributed by atoms with Gasteiger partial charge in [-0.05, 0) is 70.3 Å². The van der Waals surface area contributed by atoms with Gasteiger partial charge in [0.25, 0.3) is 0 Å². The average Bonchev–Trinajstić information content (AvgIpc) is 2.27. The van der Waals surface area contributed by atoms with E-state index in [1.807, 2.05) is 11.8 Å². The van der Waals surface area contributed by atoms with Crippen molar-refractivity contribution in [1.82, 2.24) is 10.2 Å². The Balaban J connectivity index is 2.16. The minimum atomic E-state index is 0.693. The Hall–Kier alpha value is 0.270. The monoisotopic (exact) mass is 244 g/mol. The smallest absolute Gasteiger partial charge is 0.00680 e. The molecule has 0 aromatic carbocycles. The fourth-order valence-electron chi connectivity index (χ4n) is 2.43. The summed E-state index contributed by atoms with van der Waals surface area (Å²) in [6.45, 7) is 8.43. The van der Waals surface area contributed by atoms with Crippen molar-refractivity contribution in [1.29, 1.82) is 0 Å².